The standard InChI is InChI=1S/C13H17N3O2.ClH/c1-9-8-16(6-5-14-9)10-3-4-11-12(7-10)18-13(17)15(11)2;/h3-4,7,9,14H,5-6,8H2,1-2H3;1H/t9-;/m1./s1. The van der Waals surface area contributed by atoms with Gasteiger partial charge in [-0.25, -0.2) is 4.79 Å². The van der Waals surface area contributed by atoms with Crippen LogP contribution >= 0.6 is 12.4 Å². The summed E-state index contributed by atoms with van der Waals surface area (Å²) in [5.74, 6) is -0.309. The fourth-order valence-electron chi connectivity index (χ4n) is 2.49. The highest BCUT2D eigenvalue weighted by molar-refractivity contribution is 5.85. The van der Waals surface area contributed by atoms with Crippen LogP contribution in [0.2, 0.25) is 0 Å². The molecule has 0 amide bonds. The van der Waals surface area contributed by atoms with E-state index in [1.165, 1.54) is 4.57 Å². The SMILES string of the molecule is C[C@@H]1CN(c2ccc3c(c2)oc(=O)n3C)CCN1.Cl. The van der Waals surface area contributed by atoms with Crippen molar-refractivity contribution in [2.24, 2.45) is 7.05 Å². The number of benzene rings is 1. The molecule has 6 heteroatoms. The van der Waals surface area contributed by atoms with Gasteiger partial charge in [-0.3, -0.25) is 4.57 Å². The molecule has 5 nitrogen and oxygen atoms in total. The van der Waals surface area contributed by atoms with Gasteiger partial charge in [0, 0.05) is 44.5 Å². The fraction of sp³-hybridized carbons (Fsp3) is 0.462. The van der Waals surface area contributed by atoms with Gasteiger partial charge < -0.3 is 14.6 Å². The van der Waals surface area contributed by atoms with E-state index in [0.29, 0.717) is 11.6 Å². The van der Waals surface area contributed by atoms with Crippen molar-refractivity contribution in [1.29, 1.82) is 0 Å². The largest absolute Gasteiger partial charge is 0.419 e. The Morgan fingerprint density at radius 2 is 2.21 bits per heavy atom. The summed E-state index contributed by atoms with van der Waals surface area (Å²) in [5.41, 5.74) is 2.61. The average molecular weight is 284 g/mol. The minimum Gasteiger partial charge on any atom is -0.408 e. The number of piperazine rings is 1. The number of halogens is 1. The van der Waals surface area contributed by atoms with Gasteiger partial charge in [-0.1, -0.05) is 0 Å². The van der Waals surface area contributed by atoms with Crippen LogP contribution in [0.3, 0.4) is 0 Å². The highest BCUT2D eigenvalue weighted by Gasteiger charge is 2.17. The molecule has 1 aromatic carbocycles. The van der Waals surface area contributed by atoms with Crippen LogP contribution in [-0.2, 0) is 7.05 Å². The van der Waals surface area contributed by atoms with Crippen LogP contribution in [0.4, 0.5) is 5.69 Å². The summed E-state index contributed by atoms with van der Waals surface area (Å²) in [6.07, 6.45) is 0. The Morgan fingerprint density at radius 3 is 2.95 bits per heavy atom. The van der Waals surface area contributed by atoms with Gasteiger partial charge in [0.15, 0.2) is 5.58 Å². The number of fused-ring (bicyclic) bond motifs is 1. The van der Waals surface area contributed by atoms with Crippen LogP contribution in [0, 0.1) is 0 Å². The molecular formula is C13H18ClN3O2. The van der Waals surface area contributed by atoms with Crippen molar-refractivity contribution in [3.63, 3.8) is 0 Å². The topological polar surface area (TPSA) is 50.4 Å². The summed E-state index contributed by atoms with van der Waals surface area (Å²) < 4.78 is 6.75. The number of hydrogen-bond donors (Lipinski definition) is 1. The monoisotopic (exact) mass is 283 g/mol. The van der Waals surface area contributed by atoms with Crippen LogP contribution < -0.4 is 16.0 Å². The van der Waals surface area contributed by atoms with Gasteiger partial charge in [0.25, 0.3) is 0 Å². The maximum Gasteiger partial charge on any atom is 0.419 e. The van der Waals surface area contributed by atoms with Crippen molar-refractivity contribution in [1.82, 2.24) is 9.88 Å². The minimum atomic E-state index is -0.309. The van der Waals surface area contributed by atoms with Gasteiger partial charge in [0.05, 0.1) is 5.52 Å². The number of nitrogens with zero attached hydrogens (tertiary/aromatic N) is 2. The van der Waals surface area contributed by atoms with Crippen LogP contribution in [0.5, 0.6) is 0 Å². The Bertz CT molecular complexity index is 634. The fourth-order valence-corrected chi connectivity index (χ4v) is 2.49. The van der Waals surface area contributed by atoms with E-state index in [1.807, 2.05) is 12.1 Å². The van der Waals surface area contributed by atoms with Gasteiger partial charge in [0.2, 0.25) is 0 Å². The molecule has 104 valence electrons. The molecule has 0 aliphatic carbocycles. The summed E-state index contributed by atoms with van der Waals surface area (Å²) in [6, 6.07) is 6.43. The second-order valence-electron chi connectivity index (χ2n) is 4.88. The molecule has 0 radical (unpaired) electrons. The molecule has 1 N–H and O–H groups in total. The molecule has 0 bridgehead atoms. The summed E-state index contributed by atoms with van der Waals surface area (Å²) in [4.78, 5) is 13.8. The number of aromatic nitrogens is 1. The molecule has 2 heterocycles. The third-order valence-corrected chi connectivity index (χ3v) is 3.51. The van der Waals surface area contributed by atoms with Crippen molar-refractivity contribution >= 4 is 29.2 Å². The Labute approximate surface area is 117 Å². The first-order chi connectivity index (χ1) is 8.65. The smallest absolute Gasteiger partial charge is 0.408 e. The van der Waals surface area contributed by atoms with E-state index in [9.17, 15) is 4.79 Å². The quantitative estimate of drug-likeness (QED) is 0.858. The molecule has 3 rings (SSSR count). The van der Waals surface area contributed by atoms with Crippen molar-refractivity contribution < 1.29 is 4.42 Å². The number of hydrogen-bond acceptors (Lipinski definition) is 4. The molecule has 1 aliphatic heterocycles. The zero-order chi connectivity index (χ0) is 12.7. The minimum absolute atomic E-state index is 0. The summed E-state index contributed by atoms with van der Waals surface area (Å²) in [5, 5.41) is 3.41. The highest BCUT2D eigenvalue weighted by atomic mass is 35.5. The van der Waals surface area contributed by atoms with Crippen molar-refractivity contribution in [3.05, 3.63) is 28.7 Å². The van der Waals surface area contributed by atoms with E-state index < -0.39 is 0 Å². The number of aryl methyl sites for hydroxylation is 1. The van der Waals surface area contributed by atoms with Gasteiger partial charge >= 0.3 is 5.76 Å². The molecule has 1 fully saturated rings. The Balaban J connectivity index is 0.00000133. The van der Waals surface area contributed by atoms with E-state index in [1.54, 1.807) is 7.05 Å². The molecule has 1 saturated heterocycles. The normalized spacial score (nSPS) is 19.5. The third-order valence-electron chi connectivity index (χ3n) is 3.51. The van der Waals surface area contributed by atoms with Crippen LogP contribution in [0.1, 0.15) is 6.92 Å². The Morgan fingerprint density at radius 1 is 1.42 bits per heavy atom. The van der Waals surface area contributed by atoms with Gasteiger partial charge in [-0.2, -0.15) is 0 Å². The Kier molecular flexibility index (Phi) is 3.87. The Hall–Kier alpha value is -1.46. The first-order valence-electron chi connectivity index (χ1n) is 6.23. The van der Waals surface area contributed by atoms with Crippen LogP contribution in [-0.4, -0.2) is 30.2 Å². The molecule has 0 saturated carbocycles. The lowest BCUT2D eigenvalue weighted by atomic mass is 10.2. The predicted octanol–water partition coefficient (Wildman–Crippen LogP) is 1.35. The first-order valence-corrected chi connectivity index (χ1v) is 6.23. The lowest BCUT2D eigenvalue weighted by Gasteiger charge is -2.33. The van der Waals surface area contributed by atoms with E-state index in [-0.39, 0.29) is 18.2 Å². The second-order valence-corrected chi connectivity index (χ2v) is 4.88. The lowest BCUT2D eigenvalue weighted by Crippen LogP contribution is -2.49. The maximum absolute atomic E-state index is 11.5. The van der Waals surface area contributed by atoms with Crippen molar-refractivity contribution in [3.8, 4) is 0 Å². The van der Waals surface area contributed by atoms with Crippen molar-refractivity contribution in [2.45, 2.75) is 13.0 Å². The van der Waals surface area contributed by atoms with Crippen molar-refractivity contribution in [2.75, 3.05) is 24.5 Å². The molecule has 1 aromatic heterocycles. The van der Waals surface area contributed by atoms with Gasteiger partial charge in [-0.05, 0) is 19.1 Å². The highest BCUT2D eigenvalue weighted by Crippen LogP contribution is 2.22. The number of nitrogens with one attached hydrogen (secondary N) is 1. The second kappa shape index (κ2) is 5.27. The molecule has 2 aromatic rings. The summed E-state index contributed by atoms with van der Waals surface area (Å²) in [6.45, 7) is 5.11. The summed E-state index contributed by atoms with van der Waals surface area (Å²) >= 11 is 0. The van der Waals surface area contributed by atoms with E-state index in [0.717, 1.165) is 30.8 Å². The predicted molar refractivity (Wildman–Crippen MR) is 78.4 cm³/mol. The van der Waals surface area contributed by atoms with Crippen LogP contribution in [0.15, 0.2) is 27.4 Å². The van der Waals surface area contributed by atoms with Crippen LogP contribution in [0.25, 0.3) is 11.1 Å². The van der Waals surface area contributed by atoms with Gasteiger partial charge in [0.1, 0.15) is 0 Å². The molecule has 1 atom stereocenters. The van der Waals surface area contributed by atoms with Gasteiger partial charge in [-0.15, -0.1) is 12.4 Å². The third kappa shape index (κ3) is 2.48. The zero-order valence-corrected chi connectivity index (χ0v) is 11.9. The molecular weight excluding hydrogens is 266 g/mol. The molecule has 19 heavy (non-hydrogen) atoms. The molecule has 1 aliphatic rings. The van der Waals surface area contributed by atoms with E-state index >= 15 is 0 Å². The van der Waals surface area contributed by atoms with E-state index in [4.69, 9.17) is 4.42 Å². The van der Waals surface area contributed by atoms with E-state index in [2.05, 4.69) is 23.2 Å². The lowest BCUT2D eigenvalue weighted by molar-refractivity contribution is 0.484. The number of rotatable bonds is 1. The first kappa shape index (κ1) is 14.0. The molecule has 0 spiro atoms. The maximum atomic E-state index is 11.5. The molecule has 0 unspecified atom stereocenters. The number of oxazole rings is 1. The number of anilines is 1. The average Bonchev–Trinajstić information content (AvgIpc) is 2.65. The zero-order valence-electron chi connectivity index (χ0n) is 11.0. The summed E-state index contributed by atoms with van der Waals surface area (Å²) in [7, 11) is 1.72.